The van der Waals surface area contributed by atoms with E-state index in [1.165, 1.54) is 0 Å². The van der Waals surface area contributed by atoms with E-state index in [1.807, 2.05) is 26.0 Å². The zero-order valence-electron chi connectivity index (χ0n) is 17.7. The number of unbranched alkanes of at least 4 members (excludes halogenated alkanes) is 1. The number of urea groups is 1. The van der Waals surface area contributed by atoms with Crippen LogP contribution < -0.4 is 20.1 Å². The van der Waals surface area contributed by atoms with E-state index in [4.69, 9.17) is 9.47 Å². The summed E-state index contributed by atoms with van der Waals surface area (Å²) in [6.07, 6.45) is 2.97. The normalized spacial score (nSPS) is 15.2. The molecule has 0 radical (unpaired) electrons. The molecule has 1 aliphatic heterocycles. The van der Waals surface area contributed by atoms with Gasteiger partial charge in [-0.1, -0.05) is 33.3 Å². The van der Waals surface area contributed by atoms with Gasteiger partial charge >= 0.3 is 6.03 Å². The Morgan fingerprint density at radius 2 is 1.90 bits per heavy atom. The quantitative estimate of drug-likeness (QED) is 0.436. The van der Waals surface area contributed by atoms with Gasteiger partial charge in [-0.05, 0) is 37.0 Å². The van der Waals surface area contributed by atoms with Crippen LogP contribution in [-0.4, -0.2) is 48.5 Å². The van der Waals surface area contributed by atoms with Crippen molar-refractivity contribution in [2.24, 2.45) is 0 Å². The Kier molecular flexibility index (Phi) is 7.87. The summed E-state index contributed by atoms with van der Waals surface area (Å²) in [7, 11) is 1.57. The lowest BCUT2D eigenvalue weighted by molar-refractivity contribution is -0.135. The summed E-state index contributed by atoms with van der Waals surface area (Å²) in [4.78, 5) is 38.0. The molecule has 1 aromatic carbocycles. The summed E-state index contributed by atoms with van der Waals surface area (Å²) >= 11 is 0. The molecule has 0 spiro atoms. The highest BCUT2D eigenvalue weighted by atomic mass is 16.5. The molecule has 29 heavy (non-hydrogen) atoms. The Labute approximate surface area is 171 Å². The van der Waals surface area contributed by atoms with Crippen molar-refractivity contribution in [3.05, 3.63) is 23.8 Å². The predicted molar refractivity (Wildman–Crippen MR) is 109 cm³/mol. The minimum atomic E-state index is -0.904. The summed E-state index contributed by atoms with van der Waals surface area (Å²) in [6.45, 7) is 6.34. The number of hydrogen-bond acceptors (Lipinski definition) is 5. The molecule has 1 fully saturated rings. The third kappa shape index (κ3) is 5.19. The van der Waals surface area contributed by atoms with E-state index in [0.29, 0.717) is 30.9 Å². The molecule has 2 N–H and O–H groups in total. The molecule has 8 nitrogen and oxygen atoms in total. The lowest BCUT2D eigenvalue weighted by atomic mass is 9.93. The zero-order chi connectivity index (χ0) is 21.4. The number of nitrogens with zero attached hydrogens (tertiary/aromatic N) is 1. The summed E-state index contributed by atoms with van der Waals surface area (Å²) in [6, 6.07) is 4.93. The van der Waals surface area contributed by atoms with Crippen LogP contribution in [-0.2, 0) is 16.1 Å². The number of amides is 4. The average molecular weight is 405 g/mol. The van der Waals surface area contributed by atoms with Crippen LogP contribution in [0.5, 0.6) is 11.5 Å². The van der Waals surface area contributed by atoms with E-state index in [-0.39, 0.29) is 19.0 Å². The predicted octanol–water partition coefficient (Wildman–Crippen LogP) is 2.60. The van der Waals surface area contributed by atoms with Gasteiger partial charge in [0.05, 0.1) is 13.7 Å². The van der Waals surface area contributed by atoms with Gasteiger partial charge in [-0.15, -0.1) is 0 Å². The first-order valence-corrected chi connectivity index (χ1v) is 10.1. The highest BCUT2D eigenvalue weighted by molar-refractivity contribution is 6.08. The fourth-order valence-electron chi connectivity index (χ4n) is 3.22. The third-order valence-electron chi connectivity index (χ3n) is 5.23. The van der Waals surface area contributed by atoms with Gasteiger partial charge in [0.2, 0.25) is 5.91 Å². The first-order valence-electron chi connectivity index (χ1n) is 10.1. The minimum absolute atomic E-state index is 0.251. The SMILES string of the molecule is CCCCOc1ccc(CNC(=O)CN2C(=O)NC(CC)(CC)C2=O)cc1OC. The molecular weight excluding hydrogens is 374 g/mol. The molecule has 0 atom stereocenters. The van der Waals surface area contributed by atoms with E-state index in [0.717, 1.165) is 23.3 Å². The molecule has 0 unspecified atom stereocenters. The minimum Gasteiger partial charge on any atom is -0.493 e. The third-order valence-corrected chi connectivity index (χ3v) is 5.23. The van der Waals surface area contributed by atoms with Gasteiger partial charge in [0.1, 0.15) is 12.1 Å². The Balaban J connectivity index is 1.94. The van der Waals surface area contributed by atoms with E-state index in [2.05, 4.69) is 17.6 Å². The highest BCUT2D eigenvalue weighted by Crippen LogP contribution is 2.28. The number of ether oxygens (including phenoxy) is 2. The van der Waals surface area contributed by atoms with Crippen molar-refractivity contribution in [1.82, 2.24) is 15.5 Å². The van der Waals surface area contributed by atoms with E-state index in [1.54, 1.807) is 13.2 Å². The van der Waals surface area contributed by atoms with Crippen molar-refractivity contribution in [2.45, 2.75) is 58.5 Å². The Hall–Kier alpha value is -2.77. The van der Waals surface area contributed by atoms with E-state index in [9.17, 15) is 14.4 Å². The van der Waals surface area contributed by atoms with E-state index >= 15 is 0 Å². The fourth-order valence-corrected chi connectivity index (χ4v) is 3.22. The number of nitrogens with one attached hydrogen (secondary N) is 2. The standard InChI is InChI=1S/C21H31N3O5/c1-5-8-11-29-16-10-9-15(12-17(16)28-4)13-22-18(25)14-24-19(26)21(6-2,7-3)23-20(24)27/h9-10,12H,5-8,11,13-14H2,1-4H3,(H,22,25)(H,23,27). The van der Waals surface area contributed by atoms with Crippen molar-refractivity contribution in [3.8, 4) is 11.5 Å². The molecule has 0 bridgehead atoms. The number of hydrogen-bond donors (Lipinski definition) is 2. The fraction of sp³-hybridized carbons (Fsp3) is 0.571. The molecule has 1 aromatic rings. The lowest BCUT2D eigenvalue weighted by Crippen LogP contribution is -2.46. The lowest BCUT2D eigenvalue weighted by Gasteiger charge is -2.23. The Morgan fingerprint density at radius 3 is 2.48 bits per heavy atom. The molecule has 160 valence electrons. The van der Waals surface area contributed by atoms with Crippen LogP contribution in [0, 0.1) is 0 Å². The maximum atomic E-state index is 12.6. The number of methoxy groups -OCH3 is 1. The van der Waals surface area contributed by atoms with Crippen LogP contribution in [0.25, 0.3) is 0 Å². The first kappa shape index (κ1) is 22.5. The maximum Gasteiger partial charge on any atom is 0.325 e. The monoisotopic (exact) mass is 405 g/mol. The molecular formula is C21H31N3O5. The Bertz CT molecular complexity index is 746. The molecule has 4 amide bonds. The Morgan fingerprint density at radius 1 is 1.17 bits per heavy atom. The van der Waals surface area contributed by atoms with Crippen molar-refractivity contribution in [3.63, 3.8) is 0 Å². The summed E-state index contributed by atoms with van der Waals surface area (Å²) in [5.41, 5.74) is -0.0788. The molecule has 1 heterocycles. The van der Waals surface area contributed by atoms with Crippen LogP contribution >= 0.6 is 0 Å². The van der Waals surface area contributed by atoms with Crippen LogP contribution in [0.15, 0.2) is 18.2 Å². The van der Waals surface area contributed by atoms with Crippen molar-refractivity contribution >= 4 is 17.8 Å². The molecule has 0 aromatic heterocycles. The van der Waals surface area contributed by atoms with E-state index < -0.39 is 17.5 Å². The topological polar surface area (TPSA) is 97.0 Å². The zero-order valence-corrected chi connectivity index (χ0v) is 17.7. The van der Waals surface area contributed by atoms with Crippen molar-refractivity contribution in [2.75, 3.05) is 20.3 Å². The van der Waals surface area contributed by atoms with Gasteiger partial charge in [0, 0.05) is 6.54 Å². The number of imide groups is 1. The summed E-state index contributed by atoms with van der Waals surface area (Å²) < 4.78 is 11.1. The second kappa shape index (κ2) is 10.1. The van der Waals surface area contributed by atoms with Crippen LogP contribution in [0.1, 0.15) is 52.0 Å². The molecule has 8 heteroatoms. The van der Waals surface area contributed by atoms with Crippen LogP contribution in [0.4, 0.5) is 4.79 Å². The largest absolute Gasteiger partial charge is 0.493 e. The van der Waals surface area contributed by atoms with Gasteiger partial charge in [0.25, 0.3) is 5.91 Å². The second-order valence-corrected chi connectivity index (χ2v) is 7.07. The van der Waals surface area contributed by atoms with Gasteiger partial charge in [-0.2, -0.15) is 0 Å². The van der Waals surface area contributed by atoms with Crippen molar-refractivity contribution < 1.29 is 23.9 Å². The number of carbonyl (C=O) groups excluding carboxylic acids is 3. The number of benzene rings is 1. The van der Waals surface area contributed by atoms with Gasteiger partial charge in [-0.3, -0.25) is 14.5 Å². The number of carbonyl (C=O) groups is 3. The van der Waals surface area contributed by atoms with Gasteiger partial charge < -0.3 is 20.1 Å². The van der Waals surface area contributed by atoms with Gasteiger partial charge in [0.15, 0.2) is 11.5 Å². The van der Waals surface area contributed by atoms with Crippen LogP contribution in [0.3, 0.4) is 0 Å². The average Bonchev–Trinajstić information content (AvgIpc) is 2.97. The summed E-state index contributed by atoms with van der Waals surface area (Å²) in [5.74, 6) is 0.500. The summed E-state index contributed by atoms with van der Waals surface area (Å²) in [5, 5.41) is 5.46. The van der Waals surface area contributed by atoms with Crippen LogP contribution in [0.2, 0.25) is 0 Å². The highest BCUT2D eigenvalue weighted by Gasteiger charge is 2.49. The van der Waals surface area contributed by atoms with Gasteiger partial charge in [-0.25, -0.2) is 4.79 Å². The number of rotatable bonds is 11. The maximum absolute atomic E-state index is 12.6. The second-order valence-electron chi connectivity index (χ2n) is 7.07. The first-order chi connectivity index (χ1) is 13.9. The molecule has 2 rings (SSSR count). The van der Waals surface area contributed by atoms with Crippen molar-refractivity contribution in [1.29, 1.82) is 0 Å². The molecule has 0 saturated carbocycles. The molecule has 1 aliphatic rings. The molecule has 0 aliphatic carbocycles. The smallest absolute Gasteiger partial charge is 0.325 e. The molecule has 1 saturated heterocycles.